The van der Waals surface area contributed by atoms with Crippen LogP contribution in [-0.4, -0.2) is 29.4 Å². The Morgan fingerprint density at radius 2 is 2.04 bits per heavy atom. The summed E-state index contributed by atoms with van der Waals surface area (Å²) in [5, 5.41) is 14.3. The van der Waals surface area contributed by atoms with E-state index in [2.05, 4.69) is 10.5 Å². The minimum absolute atomic E-state index is 0.0288. The molecule has 1 aliphatic rings. The van der Waals surface area contributed by atoms with Crippen molar-refractivity contribution < 1.29 is 19.4 Å². The van der Waals surface area contributed by atoms with Gasteiger partial charge in [0, 0.05) is 10.6 Å². The first kappa shape index (κ1) is 16.1. The summed E-state index contributed by atoms with van der Waals surface area (Å²) in [7, 11) is 0. The van der Waals surface area contributed by atoms with Crippen molar-refractivity contribution in [1.29, 1.82) is 0 Å². The van der Waals surface area contributed by atoms with E-state index in [0.717, 1.165) is 0 Å². The molecule has 0 fully saturated rings. The molecule has 0 aromatic heterocycles. The van der Waals surface area contributed by atoms with Gasteiger partial charge in [0.25, 0.3) is 5.91 Å². The Labute approximate surface area is 143 Å². The zero-order valence-electron chi connectivity index (χ0n) is 12.8. The van der Waals surface area contributed by atoms with Gasteiger partial charge >= 0.3 is 0 Å². The van der Waals surface area contributed by atoms with Crippen LogP contribution in [0.4, 0.5) is 0 Å². The average Bonchev–Trinajstić information content (AvgIpc) is 2.61. The lowest BCUT2D eigenvalue weighted by molar-refractivity contribution is -0.130. The fourth-order valence-electron chi connectivity index (χ4n) is 2.22. The van der Waals surface area contributed by atoms with Crippen LogP contribution in [0.3, 0.4) is 0 Å². The summed E-state index contributed by atoms with van der Waals surface area (Å²) in [4.78, 5) is 12.2. The number of nitrogens with one attached hydrogen (secondary N) is 1. The van der Waals surface area contributed by atoms with E-state index >= 15 is 0 Å². The second-order valence-corrected chi connectivity index (χ2v) is 5.64. The number of halogens is 1. The number of hydrogen-bond donors (Lipinski definition) is 2. The summed E-state index contributed by atoms with van der Waals surface area (Å²) >= 11 is 5.90. The molecule has 24 heavy (non-hydrogen) atoms. The monoisotopic (exact) mass is 346 g/mol. The molecule has 1 aliphatic heterocycles. The predicted octanol–water partition coefficient (Wildman–Crippen LogP) is 2.73. The summed E-state index contributed by atoms with van der Waals surface area (Å²) in [5.41, 5.74) is 3.27. The molecule has 0 bridgehead atoms. The maximum Gasteiger partial charge on any atom is 0.284 e. The van der Waals surface area contributed by atoms with Gasteiger partial charge < -0.3 is 14.6 Å². The van der Waals surface area contributed by atoms with Crippen LogP contribution in [0, 0.1) is 0 Å². The van der Waals surface area contributed by atoms with E-state index < -0.39 is 12.0 Å². The summed E-state index contributed by atoms with van der Waals surface area (Å²) < 4.78 is 11.1. The van der Waals surface area contributed by atoms with Gasteiger partial charge in [0.2, 0.25) is 6.10 Å². The highest BCUT2D eigenvalue weighted by Crippen LogP contribution is 2.30. The van der Waals surface area contributed by atoms with Crippen LogP contribution in [0.25, 0.3) is 0 Å². The Kier molecular flexibility index (Phi) is 4.57. The van der Waals surface area contributed by atoms with Crippen LogP contribution in [0.2, 0.25) is 5.02 Å². The van der Waals surface area contributed by atoms with Gasteiger partial charge in [-0.25, -0.2) is 5.43 Å². The van der Waals surface area contributed by atoms with Gasteiger partial charge in [0.1, 0.15) is 12.4 Å². The van der Waals surface area contributed by atoms with Gasteiger partial charge in [-0.3, -0.25) is 4.79 Å². The van der Waals surface area contributed by atoms with Gasteiger partial charge in [0.15, 0.2) is 11.5 Å². The molecule has 0 unspecified atom stereocenters. The fourth-order valence-corrected chi connectivity index (χ4v) is 2.39. The second kappa shape index (κ2) is 6.80. The van der Waals surface area contributed by atoms with Crippen molar-refractivity contribution in [3.05, 3.63) is 53.1 Å². The van der Waals surface area contributed by atoms with Gasteiger partial charge in [-0.2, -0.15) is 5.10 Å². The Bertz CT molecular complexity index is 807. The molecule has 2 aromatic rings. The van der Waals surface area contributed by atoms with Crippen LogP contribution in [0.15, 0.2) is 47.6 Å². The average molecular weight is 347 g/mol. The smallest absolute Gasteiger partial charge is 0.284 e. The number of amides is 1. The van der Waals surface area contributed by atoms with Crippen molar-refractivity contribution >= 4 is 23.2 Å². The molecule has 1 amide bonds. The van der Waals surface area contributed by atoms with E-state index in [1.54, 1.807) is 37.3 Å². The van der Waals surface area contributed by atoms with Crippen LogP contribution in [0.1, 0.15) is 12.5 Å². The number of carbonyl (C=O) groups excluding carboxylic acids is 1. The van der Waals surface area contributed by atoms with Crippen molar-refractivity contribution in [2.45, 2.75) is 13.0 Å². The van der Waals surface area contributed by atoms with Gasteiger partial charge in [-0.1, -0.05) is 23.7 Å². The van der Waals surface area contributed by atoms with Crippen molar-refractivity contribution in [3.8, 4) is 17.2 Å². The van der Waals surface area contributed by atoms with Gasteiger partial charge in [0.05, 0.1) is 5.71 Å². The number of hydrogen-bond acceptors (Lipinski definition) is 5. The summed E-state index contributed by atoms with van der Waals surface area (Å²) in [5.74, 6) is 0.702. The first-order valence-corrected chi connectivity index (χ1v) is 7.64. The molecule has 0 saturated carbocycles. The fraction of sp³-hybridized carbons (Fsp3) is 0.176. The number of benzene rings is 2. The Hall–Kier alpha value is -2.73. The standard InChI is InChI=1S/C17H15ClN2O4/c1-10(12-8-11(18)6-7-13(12)21)19-20-17(22)16-9-23-14-4-2-3-5-15(14)24-16/h2-8,16,21H,9H2,1H3,(H,20,22)/b19-10+/t16-/m0/s1. The summed E-state index contributed by atoms with van der Waals surface area (Å²) in [6.07, 6.45) is -0.801. The van der Waals surface area contributed by atoms with E-state index in [9.17, 15) is 9.90 Å². The molecule has 2 N–H and O–H groups in total. The number of carbonyl (C=O) groups is 1. The van der Waals surface area contributed by atoms with Crippen molar-refractivity contribution in [1.82, 2.24) is 5.43 Å². The SMILES string of the molecule is C/C(=N\NC(=O)[C@@H]1COc2ccccc2O1)c1cc(Cl)ccc1O. The first-order valence-electron chi connectivity index (χ1n) is 7.26. The topological polar surface area (TPSA) is 80.2 Å². The van der Waals surface area contributed by atoms with Crippen molar-refractivity contribution in [2.24, 2.45) is 5.10 Å². The third-order valence-corrected chi connectivity index (χ3v) is 3.72. The number of nitrogens with zero attached hydrogens (tertiary/aromatic N) is 1. The van der Waals surface area contributed by atoms with Gasteiger partial charge in [-0.15, -0.1) is 0 Å². The minimum Gasteiger partial charge on any atom is -0.507 e. The van der Waals surface area contributed by atoms with E-state index in [1.165, 1.54) is 6.07 Å². The number of fused-ring (bicyclic) bond motifs is 1. The maximum atomic E-state index is 12.2. The third-order valence-electron chi connectivity index (χ3n) is 3.48. The quantitative estimate of drug-likeness (QED) is 0.661. The lowest BCUT2D eigenvalue weighted by Gasteiger charge is -2.24. The third kappa shape index (κ3) is 3.44. The number of hydrazone groups is 1. The highest BCUT2D eigenvalue weighted by molar-refractivity contribution is 6.31. The number of para-hydroxylation sites is 2. The molecule has 0 aliphatic carbocycles. The highest BCUT2D eigenvalue weighted by Gasteiger charge is 2.27. The molecule has 1 atom stereocenters. The van der Waals surface area contributed by atoms with E-state index in [1.807, 2.05) is 6.07 Å². The molecular weight excluding hydrogens is 332 g/mol. The van der Waals surface area contributed by atoms with E-state index in [-0.39, 0.29) is 12.4 Å². The Morgan fingerprint density at radius 1 is 1.29 bits per heavy atom. The predicted molar refractivity (Wildman–Crippen MR) is 89.8 cm³/mol. The highest BCUT2D eigenvalue weighted by atomic mass is 35.5. The zero-order chi connectivity index (χ0) is 17.1. The number of ether oxygens (including phenoxy) is 2. The summed E-state index contributed by atoms with van der Waals surface area (Å²) in [6, 6.07) is 11.7. The molecule has 124 valence electrons. The molecule has 0 radical (unpaired) electrons. The molecule has 0 saturated heterocycles. The minimum atomic E-state index is -0.801. The number of rotatable bonds is 3. The Morgan fingerprint density at radius 3 is 2.83 bits per heavy atom. The molecule has 7 heteroatoms. The molecule has 0 spiro atoms. The van der Waals surface area contributed by atoms with Crippen LogP contribution >= 0.6 is 11.6 Å². The van der Waals surface area contributed by atoms with Crippen molar-refractivity contribution in [3.63, 3.8) is 0 Å². The normalized spacial score (nSPS) is 16.6. The molecule has 1 heterocycles. The van der Waals surface area contributed by atoms with Crippen LogP contribution in [-0.2, 0) is 4.79 Å². The van der Waals surface area contributed by atoms with Crippen molar-refractivity contribution in [2.75, 3.05) is 6.61 Å². The lowest BCUT2D eigenvalue weighted by atomic mass is 10.1. The molecule has 2 aromatic carbocycles. The Balaban J connectivity index is 1.68. The zero-order valence-corrected chi connectivity index (χ0v) is 13.6. The van der Waals surface area contributed by atoms with E-state index in [4.69, 9.17) is 21.1 Å². The maximum absolute atomic E-state index is 12.2. The summed E-state index contributed by atoms with van der Waals surface area (Å²) in [6.45, 7) is 1.75. The second-order valence-electron chi connectivity index (χ2n) is 5.20. The lowest BCUT2D eigenvalue weighted by Crippen LogP contribution is -2.42. The van der Waals surface area contributed by atoms with Crippen LogP contribution < -0.4 is 14.9 Å². The molecular formula is C17H15ClN2O4. The number of phenolic OH excluding ortho intramolecular Hbond substituents is 1. The van der Waals surface area contributed by atoms with E-state index in [0.29, 0.717) is 27.8 Å². The number of phenols is 1. The van der Waals surface area contributed by atoms with Crippen LogP contribution in [0.5, 0.6) is 17.2 Å². The first-order chi connectivity index (χ1) is 11.5. The molecule has 3 rings (SSSR count). The van der Waals surface area contributed by atoms with Gasteiger partial charge in [-0.05, 0) is 37.3 Å². The number of aromatic hydroxyl groups is 1. The largest absolute Gasteiger partial charge is 0.507 e. The molecule has 6 nitrogen and oxygen atoms in total.